The lowest BCUT2D eigenvalue weighted by molar-refractivity contribution is -0.130. The van der Waals surface area contributed by atoms with Crippen LogP contribution in [0, 0.1) is 0 Å². The van der Waals surface area contributed by atoms with Gasteiger partial charge in [-0.15, -0.1) is 11.3 Å². The minimum absolute atomic E-state index is 0.243. The number of thiophene rings is 1. The fourth-order valence-electron chi connectivity index (χ4n) is 2.02. The molecule has 2 aromatic rings. The molecule has 0 radical (unpaired) electrons. The minimum Gasteiger partial charge on any atom is -0.341 e. The van der Waals surface area contributed by atoms with E-state index in [0.29, 0.717) is 13.0 Å². The molecule has 0 aliphatic carbocycles. The molecule has 2 rings (SSSR count). The lowest BCUT2D eigenvalue weighted by Gasteiger charge is -2.16. The number of benzene rings is 1. The second kappa shape index (κ2) is 6.01. The van der Waals surface area contributed by atoms with E-state index < -0.39 is 0 Å². The predicted octanol–water partition coefficient (Wildman–Crippen LogP) is 4.05. The molecule has 0 atom stereocenters. The first-order valence-corrected chi connectivity index (χ1v) is 7.29. The highest BCUT2D eigenvalue weighted by Gasteiger charge is 2.11. The van der Waals surface area contributed by atoms with Crippen LogP contribution in [0.2, 0.25) is 0 Å². The van der Waals surface area contributed by atoms with Gasteiger partial charge in [0, 0.05) is 24.7 Å². The molecule has 0 fully saturated rings. The maximum absolute atomic E-state index is 11.9. The molecule has 1 aromatic carbocycles. The summed E-state index contributed by atoms with van der Waals surface area (Å²) >= 11 is 1.75. The van der Waals surface area contributed by atoms with Crippen molar-refractivity contribution in [2.24, 2.45) is 0 Å². The first kappa shape index (κ1) is 13.1. The summed E-state index contributed by atoms with van der Waals surface area (Å²) in [7, 11) is 1.89. The first-order chi connectivity index (χ1) is 8.72. The standard InChI is InChI=1S/C15H19NOS/c1-3-4-9-15(17)16(2)10-12-11-18-14-8-6-5-7-13(12)14/h5-8,11H,3-4,9-10H2,1-2H3. The highest BCUT2D eigenvalue weighted by atomic mass is 32.1. The summed E-state index contributed by atoms with van der Waals surface area (Å²) in [6.45, 7) is 2.83. The summed E-state index contributed by atoms with van der Waals surface area (Å²) < 4.78 is 1.29. The van der Waals surface area contributed by atoms with Gasteiger partial charge in [0.05, 0.1) is 0 Å². The lowest BCUT2D eigenvalue weighted by atomic mass is 10.1. The van der Waals surface area contributed by atoms with Crippen LogP contribution in [0.5, 0.6) is 0 Å². The Hall–Kier alpha value is -1.35. The minimum atomic E-state index is 0.243. The lowest BCUT2D eigenvalue weighted by Crippen LogP contribution is -2.25. The van der Waals surface area contributed by atoms with E-state index in [-0.39, 0.29) is 5.91 Å². The first-order valence-electron chi connectivity index (χ1n) is 6.41. The van der Waals surface area contributed by atoms with Gasteiger partial charge < -0.3 is 4.90 Å². The molecule has 18 heavy (non-hydrogen) atoms. The molecular formula is C15H19NOS. The Morgan fingerprint density at radius 1 is 1.33 bits per heavy atom. The average Bonchev–Trinajstić information content (AvgIpc) is 2.79. The SMILES string of the molecule is CCCCC(=O)N(C)Cc1csc2ccccc12. The van der Waals surface area contributed by atoms with Crippen LogP contribution in [-0.2, 0) is 11.3 Å². The molecular weight excluding hydrogens is 242 g/mol. The second-order valence-electron chi connectivity index (χ2n) is 4.61. The normalized spacial score (nSPS) is 10.8. The van der Waals surface area contributed by atoms with Gasteiger partial charge in [-0.05, 0) is 28.8 Å². The van der Waals surface area contributed by atoms with Crippen molar-refractivity contribution in [3.63, 3.8) is 0 Å². The Labute approximate surface area is 112 Å². The molecule has 1 heterocycles. The van der Waals surface area contributed by atoms with Gasteiger partial charge in [-0.25, -0.2) is 0 Å². The van der Waals surface area contributed by atoms with E-state index in [0.717, 1.165) is 12.8 Å². The Balaban J connectivity index is 2.07. The van der Waals surface area contributed by atoms with Crippen molar-refractivity contribution in [3.05, 3.63) is 35.2 Å². The largest absolute Gasteiger partial charge is 0.341 e. The van der Waals surface area contributed by atoms with Crippen molar-refractivity contribution in [1.29, 1.82) is 0 Å². The smallest absolute Gasteiger partial charge is 0.222 e. The maximum atomic E-state index is 11.9. The van der Waals surface area contributed by atoms with Gasteiger partial charge in [-0.2, -0.15) is 0 Å². The van der Waals surface area contributed by atoms with Gasteiger partial charge in [0.2, 0.25) is 5.91 Å². The number of nitrogens with zero attached hydrogens (tertiary/aromatic N) is 1. The fourth-order valence-corrected chi connectivity index (χ4v) is 2.97. The van der Waals surface area contributed by atoms with E-state index in [1.165, 1.54) is 15.6 Å². The van der Waals surface area contributed by atoms with Crippen LogP contribution in [0.25, 0.3) is 10.1 Å². The van der Waals surface area contributed by atoms with Crippen molar-refractivity contribution in [3.8, 4) is 0 Å². The van der Waals surface area contributed by atoms with E-state index in [2.05, 4.69) is 36.6 Å². The van der Waals surface area contributed by atoms with Gasteiger partial charge in [-0.3, -0.25) is 4.79 Å². The molecule has 1 aromatic heterocycles. The molecule has 2 nitrogen and oxygen atoms in total. The van der Waals surface area contributed by atoms with Gasteiger partial charge in [0.15, 0.2) is 0 Å². The van der Waals surface area contributed by atoms with Gasteiger partial charge in [0.1, 0.15) is 0 Å². The van der Waals surface area contributed by atoms with Crippen molar-refractivity contribution in [1.82, 2.24) is 4.90 Å². The second-order valence-corrected chi connectivity index (χ2v) is 5.52. The molecule has 0 N–H and O–H groups in total. The van der Waals surface area contributed by atoms with E-state index in [9.17, 15) is 4.79 Å². The monoisotopic (exact) mass is 261 g/mol. The zero-order valence-corrected chi connectivity index (χ0v) is 11.8. The van der Waals surface area contributed by atoms with Crippen molar-refractivity contribution < 1.29 is 4.79 Å². The highest BCUT2D eigenvalue weighted by molar-refractivity contribution is 7.17. The zero-order valence-electron chi connectivity index (χ0n) is 11.0. The van der Waals surface area contributed by atoms with Gasteiger partial charge >= 0.3 is 0 Å². The Morgan fingerprint density at radius 3 is 2.89 bits per heavy atom. The number of amides is 1. The van der Waals surface area contributed by atoms with E-state index >= 15 is 0 Å². The molecule has 0 bridgehead atoms. The molecule has 0 spiro atoms. The summed E-state index contributed by atoms with van der Waals surface area (Å²) in [4.78, 5) is 13.7. The number of hydrogen-bond acceptors (Lipinski definition) is 2. The van der Waals surface area contributed by atoms with Crippen LogP contribution in [0.15, 0.2) is 29.6 Å². The number of unbranched alkanes of at least 4 members (excludes halogenated alkanes) is 1. The number of carbonyl (C=O) groups is 1. The molecule has 96 valence electrons. The average molecular weight is 261 g/mol. The summed E-state index contributed by atoms with van der Waals surface area (Å²) in [6, 6.07) is 8.37. The third-order valence-corrected chi connectivity index (χ3v) is 4.15. The van der Waals surface area contributed by atoms with E-state index in [1.807, 2.05) is 11.9 Å². The highest BCUT2D eigenvalue weighted by Crippen LogP contribution is 2.26. The summed E-state index contributed by atoms with van der Waals surface area (Å²) in [5.74, 6) is 0.243. The topological polar surface area (TPSA) is 20.3 Å². The maximum Gasteiger partial charge on any atom is 0.222 e. The molecule has 1 amide bonds. The fraction of sp³-hybridized carbons (Fsp3) is 0.400. The molecule has 0 aliphatic rings. The molecule has 0 saturated carbocycles. The number of carbonyl (C=O) groups excluding carboxylic acids is 1. The van der Waals surface area contributed by atoms with Crippen molar-refractivity contribution >= 4 is 27.3 Å². The van der Waals surface area contributed by atoms with E-state index in [1.54, 1.807) is 11.3 Å². The Morgan fingerprint density at radius 2 is 2.11 bits per heavy atom. The third kappa shape index (κ3) is 2.91. The molecule has 0 saturated heterocycles. The Kier molecular flexibility index (Phi) is 4.37. The van der Waals surface area contributed by atoms with Crippen molar-refractivity contribution in [2.75, 3.05) is 7.05 Å². The van der Waals surface area contributed by atoms with Crippen LogP contribution in [0.4, 0.5) is 0 Å². The summed E-state index contributed by atoms with van der Waals surface area (Å²) in [5, 5.41) is 3.44. The van der Waals surface area contributed by atoms with Crippen LogP contribution < -0.4 is 0 Å². The van der Waals surface area contributed by atoms with E-state index in [4.69, 9.17) is 0 Å². The predicted molar refractivity (Wildman–Crippen MR) is 77.8 cm³/mol. The quantitative estimate of drug-likeness (QED) is 0.795. The Bertz CT molecular complexity index is 532. The van der Waals surface area contributed by atoms with Gasteiger partial charge in [0.25, 0.3) is 0 Å². The third-order valence-electron chi connectivity index (χ3n) is 3.14. The van der Waals surface area contributed by atoms with Crippen molar-refractivity contribution in [2.45, 2.75) is 32.7 Å². The van der Waals surface area contributed by atoms with Gasteiger partial charge in [-0.1, -0.05) is 31.5 Å². The zero-order chi connectivity index (χ0) is 13.0. The summed E-state index contributed by atoms with van der Waals surface area (Å²) in [5.41, 5.74) is 1.25. The van der Waals surface area contributed by atoms with Crippen LogP contribution in [0.3, 0.4) is 0 Å². The summed E-state index contributed by atoms with van der Waals surface area (Å²) in [6.07, 6.45) is 2.71. The molecule has 0 aliphatic heterocycles. The molecule has 0 unspecified atom stereocenters. The number of rotatable bonds is 5. The van der Waals surface area contributed by atoms with Crippen LogP contribution >= 0.6 is 11.3 Å². The number of fused-ring (bicyclic) bond motifs is 1. The number of hydrogen-bond donors (Lipinski definition) is 0. The molecule has 3 heteroatoms. The van der Waals surface area contributed by atoms with Crippen LogP contribution in [0.1, 0.15) is 31.7 Å². The van der Waals surface area contributed by atoms with Crippen LogP contribution in [-0.4, -0.2) is 17.9 Å².